The number of thioether (sulfide) groups is 1. The third-order valence-electron chi connectivity index (χ3n) is 3.47. The van der Waals surface area contributed by atoms with Crippen molar-refractivity contribution in [3.63, 3.8) is 0 Å². The van der Waals surface area contributed by atoms with E-state index in [1.54, 1.807) is 12.1 Å². The second-order valence-corrected chi connectivity index (χ2v) is 6.28. The van der Waals surface area contributed by atoms with Crippen LogP contribution in [0.1, 0.15) is 22.3 Å². The van der Waals surface area contributed by atoms with Gasteiger partial charge in [-0.1, -0.05) is 12.1 Å². The van der Waals surface area contributed by atoms with E-state index in [9.17, 15) is 18.4 Å². The van der Waals surface area contributed by atoms with Crippen molar-refractivity contribution in [2.75, 3.05) is 11.1 Å². The summed E-state index contributed by atoms with van der Waals surface area (Å²) >= 11 is 1.52. The van der Waals surface area contributed by atoms with Crippen LogP contribution >= 0.6 is 11.8 Å². The first-order valence-corrected chi connectivity index (χ1v) is 8.20. The molecule has 4 nitrogen and oxygen atoms in total. The molecule has 0 spiro atoms. The maximum absolute atomic E-state index is 13.6. The van der Waals surface area contributed by atoms with Gasteiger partial charge in [-0.3, -0.25) is 4.79 Å². The lowest BCUT2D eigenvalue weighted by Crippen LogP contribution is -2.11. The number of rotatable bonds is 3. The van der Waals surface area contributed by atoms with Crippen molar-refractivity contribution in [3.8, 4) is 0 Å². The summed E-state index contributed by atoms with van der Waals surface area (Å²) in [6.45, 7) is -0.374. The number of hydrogen-bond acceptors (Lipinski definition) is 4. The molecule has 0 aromatic heterocycles. The van der Waals surface area contributed by atoms with E-state index < -0.39 is 17.6 Å². The van der Waals surface area contributed by atoms with Gasteiger partial charge in [0.25, 0.3) is 0 Å². The van der Waals surface area contributed by atoms with Crippen LogP contribution in [0.25, 0.3) is 0 Å². The molecule has 0 fully saturated rings. The normalized spacial score (nSPS) is 13.7. The van der Waals surface area contributed by atoms with Gasteiger partial charge in [0.05, 0.1) is 11.3 Å². The minimum atomic E-state index is -1.03. The molecule has 1 N–H and O–H groups in total. The first kappa shape index (κ1) is 16.4. The maximum atomic E-state index is 13.6. The minimum Gasteiger partial charge on any atom is -0.457 e. The monoisotopic (exact) mass is 349 g/mol. The van der Waals surface area contributed by atoms with Gasteiger partial charge < -0.3 is 10.1 Å². The topological polar surface area (TPSA) is 55.4 Å². The van der Waals surface area contributed by atoms with E-state index >= 15 is 0 Å². The zero-order valence-electron chi connectivity index (χ0n) is 12.5. The highest BCUT2D eigenvalue weighted by Crippen LogP contribution is 2.31. The van der Waals surface area contributed by atoms with E-state index in [0.29, 0.717) is 17.9 Å². The van der Waals surface area contributed by atoms with Crippen molar-refractivity contribution >= 4 is 29.3 Å². The molecule has 3 rings (SSSR count). The van der Waals surface area contributed by atoms with Crippen LogP contribution in [0.5, 0.6) is 0 Å². The van der Waals surface area contributed by atoms with E-state index in [1.807, 2.05) is 0 Å². The van der Waals surface area contributed by atoms with Crippen LogP contribution in [0.3, 0.4) is 0 Å². The van der Waals surface area contributed by atoms with Gasteiger partial charge in [-0.2, -0.15) is 0 Å². The lowest BCUT2D eigenvalue weighted by atomic mass is 10.2. The number of esters is 1. The first-order chi connectivity index (χ1) is 11.5. The lowest BCUT2D eigenvalue weighted by molar-refractivity contribution is -0.115. The number of halogens is 2. The predicted octanol–water partition coefficient (Wildman–Crippen LogP) is 3.76. The van der Waals surface area contributed by atoms with Gasteiger partial charge in [-0.25, -0.2) is 13.6 Å². The Kier molecular flexibility index (Phi) is 4.80. The van der Waals surface area contributed by atoms with Crippen molar-refractivity contribution in [1.82, 2.24) is 0 Å². The first-order valence-electron chi connectivity index (χ1n) is 7.21. The fourth-order valence-electron chi connectivity index (χ4n) is 2.23. The summed E-state index contributed by atoms with van der Waals surface area (Å²) in [6, 6.07) is 8.51. The van der Waals surface area contributed by atoms with E-state index in [1.165, 1.54) is 30.0 Å². The SMILES string of the molecule is O=C1CCSc2ccc(C(=O)OCc3cccc(F)c3F)cc2N1. The van der Waals surface area contributed by atoms with Crippen molar-refractivity contribution in [1.29, 1.82) is 0 Å². The van der Waals surface area contributed by atoms with Crippen molar-refractivity contribution in [2.24, 2.45) is 0 Å². The predicted molar refractivity (Wildman–Crippen MR) is 85.9 cm³/mol. The Morgan fingerprint density at radius 1 is 1.25 bits per heavy atom. The molecule has 0 saturated heterocycles. The molecule has 1 heterocycles. The number of hydrogen-bond donors (Lipinski definition) is 1. The third kappa shape index (κ3) is 3.56. The van der Waals surface area contributed by atoms with Crippen molar-refractivity contribution in [2.45, 2.75) is 17.9 Å². The van der Waals surface area contributed by atoms with E-state index in [4.69, 9.17) is 4.74 Å². The van der Waals surface area contributed by atoms with Crippen LogP contribution in [-0.4, -0.2) is 17.6 Å². The number of carbonyl (C=O) groups excluding carboxylic acids is 2. The molecule has 0 atom stereocenters. The molecule has 2 aromatic carbocycles. The Labute approximate surface area is 141 Å². The molecule has 0 saturated carbocycles. The molecule has 124 valence electrons. The average molecular weight is 349 g/mol. The summed E-state index contributed by atoms with van der Waals surface area (Å²) < 4.78 is 31.7. The van der Waals surface area contributed by atoms with Gasteiger partial charge in [-0.15, -0.1) is 11.8 Å². The number of fused-ring (bicyclic) bond motifs is 1. The number of benzene rings is 2. The van der Waals surface area contributed by atoms with Crippen LogP contribution < -0.4 is 5.32 Å². The zero-order chi connectivity index (χ0) is 17.1. The van der Waals surface area contributed by atoms with E-state index in [-0.39, 0.29) is 23.6 Å². The van der Waals surface area contributed by atoms with E-state index in [2.05, 4.69) is 5.32 Å². The van der Waals surface area contributed by atoms with Gasteiger partial charge in [0.15, 0.2) is 11.6 Å². The highest BCUT2D eigenvalue weighted by atomic mass is 32.2. The van der Waals surface area contributed by atoms with Crippen LogP contribution in [0, 0.1) is 11.6 Å². The van der Waals surface area contributed by atoms with Gasteiger partial charge in [0.2, 0.25) is 5.91 Å². The van der Waals surface area contributed by atoms with Gasteiger partial charge in [-0.05, 0) is 24.3 Å². The second kappa shape index (κ2) is 7.00. The zero-order valence-corrected chi connectivity index (χ0v) is 13.3. The van der Waals surface area contributed by atoms with Crippen LogP contribution in [0.4, 0.5) is 14.5 Å². The van der Waals surface area contributed by atoms with Gasteiger partial charge >= 0.3 is 5.97 Å². The molecule has 0 bridgehead atoms. The highest BCUT2D eigenvalue weighted by Gasteiger charge is 2.17. The van der Waals surface area contributed by atoms with Crippen LogP contribution in [0.15, 0.2) is 41.3 Å². The minimum absolute atomic E-state index is 0.0398. The molecule has 2 aromatic rings. The quantitative estimate of drug-likeness (QED) is 0.858. The number of amides is 1. The van der Waals surface area contributed by atoms with Crippen molar-refractivity contribution in [3.05, 3.63) is 59.2 Å². The Bertz CT molecular complexity index is 810. The lowest BCUT2D eigenvalue weighted by Gasteiger charge is -2.10. The van der Waals surface area contributed by atoms with E-state index in [0.717, 1.165) is 11.0 Å². The number of carbonyl (C=O) groups is 2. The maximum Gasteiger partial charge on any atom is 0.338 e. The summed E-state index contributed by atoms with van der Waals surface area (Å²) in [6.07, 6.45) is 0.401. The molecular weight excluding hydrogens is 336 g/mol. The summed E-state index contributed by atoms with van der Waals surface area (Å²) in [5, 5.41) is 2.73. The Morgan fingerprint density at radius 2 is 2.08 bits per heavy atom. The highest BCUT2D eigenvalue weighted by molar-refractivity contribution is 7.99. The third-order valence-corrected chi connectivity index (χ3v) is 4.54. The number of ether oxygens (including phenoxy) is 1. The summed E-state index contributed by atoms with van der Waals surface area (Å²) in [5.74, 6) is -2.15. The number of anilines is 1. The van der Waals surface area contributed by atoms with Crippen molar-refractivity contribution < 1.29 is 23.1 Å². The molecule has 1 aliphatic heterocycles. The van der Waals surface area contributed by atoms with Crippen LogP contribution in [-0.2, 0) is 16.1 Å². The van der Waals surface area contributed by atoms with Gasteiger partial charge in [0.1, 0.15) is 6.61 Å². The summed E-state index contributed by atoms with van der Waals surface area (Å²) in [7, 11) is 0. The summed E-state index contributed by atoms with van der Waals surface area (Å²) in [5.41, 5.74) is 0.740. The molecule has 0 aliphatic carbocycles. The molecule has 24 heavy (non-hydrogen) atoms. The van der Waals surface area contributed by atoms with Crippen LogP contribution in [0.2, 0.25) is 0 Å². The standard InChI is InChI=1S/C17H13F2NO3S/c18-12-3-1-2-11(16(12)19)9-23-17(22)10-4-5-14-13(8-10)20-15(21)6-7-24-14/h1-5,8H,6-7,9H2,(H,20,21). The smallest absolute Gasteiger partial charge is 0.338 e. The molecule has 0 unspecified atom stereocenters. The fraction of sp³-hybridized carbons (Fsp3) is 0.176. The molecule has 1 aliphatic rings. The fourth-order valence-corrected chi connectivity index (χ4v) is 3.17. The number of nitrogens with one attached hydrogen (secondary N) is 1. The Balaban J connectivity index is 1.73. The molecule has 7 heteroatoms. The molecular formula is C17H13F2NO3S. The Morgan fingerprint density at radius 3 is 2.92 bits per heavy atom. The Hall–Kier alpha value is -2.41. The molecule has 1 amide bonds. The summed E-state index contributed by atoms with van der Waals surface area (Å²) in [4.78, 5) is 24.6. The largest absolute Gasteiger partial charge is 0.457 e. The average Bonchev–Trinajstić information content (AvgIpc) is 2.75. The molecule has 0 radical (unpaired) electrons. The van der Waals surface area contributed by atoms with Gasteiger partial charge in [0, 0.05) is 22.6 Å². The second-order valence-electron chi connectivity index (χ2n) is 5.15.